The molecule has 2 amide bonds. The average Bonchev–Trinajstić information content (AvgIpc) is 2.71. The summed E-state index contributed by atoms with van der Waals surface area (Å²) in [5.74, 6) is -1.60. The molecule has 0 aliphatic carbocycles. The van der Waals surface area contributed by atoms with E-state index in [0.717, 1.165) is 12.1 Å². The molecule has 0 saturated heterocycles. The molecule has 0 radical (unpaired) electrons. The summed E-state index contributed by atoms with van der Waals surface area (Å²) >= 11 is 0. The zero-order valence-corrected chi connectivity index (χ0v) is 16.0. The summed E-state index contributed by atoms with van der Waals surface area (Å²) in [5.41, 5.74) is 4.25. The van der Waals surface area contributed by atoms with Crippen molar-refractivity contribution >= 4 is 21.8 Å². The number of carbonyl (C=O) groups excluding carboxylic acids is 2. The Kier molecular flexibility index (Phi) is 5.99. The molecule has 3 N–H and O–H groups in total. The first-order chi connectivity index (χ1) is 13.8. The van der Waals surface area contributed by atoms with Crippen molar-refractivity contribution < 1.29 is 31.9 Å². The van der Waals surface area contributed by atoms with E-state index in [1.165, 1.54) is 19.1 Å². The molecule has 0 saturated carbocycles. The summed E-state index contributed by atoms with van der Waals surface area (Å²) in [7, 11) is -4.27. The van der Waals surface area contributed by atoms with E-state index in [1.54, 1.807) is 24.3 Å². The van der Waals surface area contributed by atoms with Gasteiger partial charge in [0.25, 0.3) is 11.8 Å². The van der Waals surface area contributed by atoms with Crippen LogP contribution in [0.2, 0.25) is 0 Å². The Morgan fingerprint density at radius 2 is 1.72 bits per heavy atom. The first-order valence-corrected chi connectivity index (χ1v) is 10.0. The van der Waals surface area contributed by atoms with Gasteiger partial charge in [0, 0.05) is 0 Å². The summed E-state index contributed by atoms with van der Waals surface area (Å²) in [4.78, 5) is 23.7. The fraction of sp³-hybridized carbons (Fsp3) is 0.222. The van der Waals surface area contributed by atoms with E-state index >= 15 is 0 Å². The fourth-order valence-electron chi connectivity index (χ4n) is 2.47. The second-order valence-corrected chi connectivity index (χ2v) is 7.80. The Morgan fingerprint density at radius 3 is 2.45 bits per heavy atom. The van der Waals surface area contributed by atoms with Gasteiger partial charge >= 0.3 is 0 Å². The number of rotatable bonds is 5. The van der Waals surface area contributed by atoms with Crippen LogP contribution in [-0.4, -0.2) is 39.0 Å². The van der Waals surface area contributed by atoms with Gasteiger partial charge in [-0.2, -0.15) is 4.72 Å². The first kappa shape index (κ1) is 20.6. The maximum Gasteiger partial charge on any atom is 0.283 e. The lowest BCUT2D eigenvalue weighted by Crippen LogP contribution is -2.55. The minimum absolute atomic E-state index is 0.0613. The zero-order chi connectivity index (χ0) is 21.0. The van der Waals surface area contributed by atoms with Gasteiger partial charge in [-0.05, 0) is 31.2 Å². The molecule has 29 heavy (non-hydrogen) atoms. The summed E-state index contributed by atoms with van der Waals surface area (Å²) < 4.78 is 51.1. The highest BCUT2D eigenvalue weighted by Gasteiger charge is 2.29. The number of fused-ring (bicyclic) bond motifs is 1. The second-order valence-electron chi connectivity index (χ2n) is 6.12. The van der Waals surface area contributed by atoms with Crippen LogP contribution in [0.1, 0.15) is 6.92 Å². The minimum atomic E-state index is -4.27. The number of nitrogens with one attached hydrogen (secondary N) is 3. The number of hydrazine groups is 1. The number of hydrogen-bond donors (Lipinski definition) is 3. The van der Waals surface area contributed by atoms with Crippen LogP contribution in [0.3, 0.4) is 0 Å². The zero-order valence-electron chi connectivity index (χ0n) is 15.2. The summed E-state index contributed by atoms with van der Waals surface area (Å²) in [6.45, 7) is 1.19. The molecule has 3 rings (SSSR count). The van der Waals surface area contributed by atoms with E-state index in [4.69, 9.17) is 9.47 Å². The van der Waals surface area contributed by atoms with Gasteiger partial charge in [0.2, 0.25) is 16.1 Å². The first-order valence-electron chi connectivity index (χ1n) is 8.53. The lowest BCUT2D eigenvalue weighted by molar-refractivity contribution is -0.135. The quantitative estimate of drug-likeness (QED) is 0.602. The standard InChI is InChI=1S/C18H18FN3O6S/c1-11(22-29(25,26)16-9-5-2-6-12(16)19)17(23)20-21-18(24)15-10-27-13-7-3-4-8-14(13)28-15/h2-9,11,15,22H,10H2,1H3,(H,20,23)(H,21,24)/t11-,15+/m0/s1. The van der Waals surface area contributed by atoms with Crippen LogP contribution in [0, 0.1) is 5.82 Å². The van der Waals surface area contributed by atoms with Gasteiger partial charge in [-0.1, -0.05) is 24.3 Å². The Morgan fingerprint density at radius 1 is 1.07 bits per heavy atom. The number of hydrogen-bond acceptors (Lipinski definition) is 6. The maximum atomic E-state index is 13.7. The molecule has 0 fully saturated rings. The second kappa shape index (κ2) is 8.45. The van der Waals surface area contributed by atoms with E-state index in [1.807, 2.05) is 4.72 Å². The third kappa shape index (κ3) is 4.81. The Bertz CT molecular complexity index is 1030. The van der Waals surface area contributed by atoms with Crippen LogP contribution in [0.4, 0.5) is 4.39 Å². The Labute approximate surface area is 166 Å². The molecule has 1 aliphatic rings. The van der Waals surface area contributed by atoms with Crippen molar-refractivity contribution in [3.63, 3.8) is 0 Å². The molecule has 1 heterocycles. The lowest BCUT2D eigenvalue weighted by atomic mass is 10.2. The SMILES string of the molecule is C[C@H](NS(=O)(=O)c1ccccc1F)C(=O)NNC(=O)[C@H]1COc2ccccc2O1. The van der Waals surface area contributed by atoms with Gasteiger partial charge in [-0.3, -0.25) is 20.4 Å². The van der Waals surface area contributed by atoms with Crippen molar-refractivity contribution in [2.45, 2.75) is 24.0 Å². The number of carbonyl (C=O) groups is 2. The van der Waals surface area contributed by atoms with E-state index < -0.39 is 44.7 Å². The van der Waals surface area contributed by atoms with Gasteiger partial charge in [-0.15, -0.1) is 0 Å². The number of ether oxygens (including phenoxy) is 2. The van der Waals surface area contributed by atoms with Crippen molar-refractivity contribution in [1.82, 2.24) is 15.6 Å². The van der Waals surface area contributed by atoms with Crippen LogP contribution in [0.15, 0.2) is 53.4 Å². The van der Waals surface area contributed by atoms with E-state index in [9.17, 15) is 22.4 Å². The van der Waals surface area contributed by atoms with Gasteiger partial charge in [0.1, 0.15) is 17.3 Å². The Balaban J connectivity index is 1.54. The highest BCUT2D eigenvalue weighted by Crippen LogP contribution is 2.30. The molecule has 2 aromatic rings. The molecular weight excluding hydrogens is 405 g/mol. The monoisotopic (exact) mass is 423 g/mol. The highest BCUT2D eigenvalue weighted by molar-refractivity contribution is 7.89. The molecular formula is C18H18FN3O6S. The van der Waals surface area contributed by atoms with Crippen molar-refractivity contribution in [3.8, 4) is 11.5 Å². The Hall–Kier alpha value is -3.18. The van der Waals surface area contributed by atoms with Crippen molar-refractivity contribution in [3.05, 3.63) is 54.3 Å². The van der Waals surface area contributed by atoms with Crippen LogP contribution >= 0.6 is 0 Å². The molecule has 2 aromatic carbocycles. The van der Waals surface area contributed by atoms with Gasteiger partial charge in [-0.25, -0.2) is 12.8 Å². The summed E-state index contributed by atoms with van der Waals surface area (Å²) in [6, 6.07) is 10.3. The van der Waals surface area contributed by atoms with Crippen LogP contribution in [0.5, 0.6) is 11.5 Å². The molecule has 2 atom stereocenters. The van der Waals surface area contributed by atoms with E-state index in [-0.39, 0.29) is 6.61 Å². The topological polar surface area (TPSA) is 123 Å². The smallest absolute Gasteiger partial charge is 0.283 e. The van der Waals surface area contributed by atoms with Crippen LogP contribution < -0.4 is 25.0 Å². The molecule has 11 heteroatoms. The van der Waals surface area contributed by atoms with Gasteiger partial charge < -0.3 is 9.47 Å². The molecule has 1 aliphatic heterocycles. The van der Waals surface area contributed by atoms with Crippen molar-refractivity contribution in [2.75, 3.05) is 6.61 Å². The van der Waals surface area contributed by atoms with Crippen LogP contribution in [-0.2, 0) is 19.6 Å². The number of para-hydroxylation sites is 2. The molecule has 154 valence electrons. The predicted octanol–water partition coefficient (Wildman–Crippen LogP) is 0.480. The highest BCUT2D eigenvalue weighted by atomic mass is 32.2. The molecule has 0 spiro atoms. The fourth-order valence-corrected chi connectivity index (χ4v) is 3.76. The number of benzene rings is 2. The summed E-state index contributed by atoms with van der Waals surface area (Å²) in [5, 5.41) is 0. The average molecular weight is 423 g/mol. The molecule has 0 aromatic heterocycles. The van der Waals surface area contributed by atoms with Crippen LogP contribution in [0.25, 0.3) is 0 Å². The third-order valence-corrected chi connectivity index (χ3v) is 5.54. The van der Waals surface area contributed by atoms with Gasteiger partial charge in [0.05, 0.1) is 6.04 Å². The van der Waals surface area contributed by atoms with Crippen molar-refractivity contribution in [1.29, 1.82) is 0 Å². The van der Waals surface area contributed by atoms with Crippen molar-refractivity contribution in [2.24, 2.45) is 0 Å². The van der Waals surface area contributed by atoms with E-state index in [0.29, 0.717) is 11.5 Å². The predicted molar refractivity (Wildman–Crippen MR) is 98.8 cm³/mol. The van der Waals surface area contributed by atoms with Gasteiger partial charge in [0.15, 0.2) is 11.5 Å². The van der Waals surface area contributed by atoms with E-state index in [2.05, 4.69) is 10.9 Å². The molecule has 9 nitrogen and oxygen atoms in total. The number of amides is 2. The molecule has 0 unspecified atom stereocenters. The largest absolute Gasteiger partial charge is 0.485 e. The lowest BCUT2D eigenvalue weighted by Gasteiger charge is -2.25. The molecule has 0 bridgehead atoms. The minimum Gasteiger partial charge on any atom is -0.485 e. The normalized spacial score (nSPS) is 16.6. The maximum absolute atomic E-state index is 13.7. The number of halogens is 1. The number of sulfonamides is 1. The third-order valence-electron chi connectivity index (χ3n) is 3.96. The summed E-state index contributed by atoms with van der Waals surface area (Å²) in [6.07, 6.45) is -1.00.